The largest absolute Gasteiger partial charge is 0.354 e. The zero-order valence-electron chi connectivity index (χ0n) is 13.2. The number of nitrogens with two attached hydrogens (primary N) is 1. The average molecular weight is 303 g/mol. The quantitative estimate of drug-likeness (QED) is 0.783. The van der Waals surface area contributed by atoms with Crippen LogP contribution in [0.15, 0.2) is 30.3 Å². The van der Waals surface area contributed by atoms with Gasteiger partial charge in [-0.15, -0.1) is 0 Å². The Morgan fingerprint density at radius 3 is 2.68 bits per heavy atom. The molecule has 0 bridgehead atoms. The number of carbonyl (C=O) groups is 2. The van der Waals surface area contributed by atoms with Gasteiger partial charge in [0.25, 0.3) is 5.91 Å². The summed E-state index contributed by atoms with van der Waals surface area (Å²) in [5.74, 6) is -0.135. The third-order valence-electron chi connectivity index (χ3n) is 4.31. The molecule has 1 fully saturated rings. The maximum absolute atomic E-state index is 12.7. The van der Waals surface area contributed by atoms with E-state index in [0.717, 1.165) is 19.3 Å². The number of nitrogens with one attached hydrogen (secondary N) is 1. The SMILES string of the molecule is CC1(C(=O)NCCCCN)CCCN1C(=O)c1ccccc1. The molecule has 1 atom stereocenters. The van der Waals surface area contributed by atoms with E-state index in [2.05, 4.69) is 5.32 Å². The minimum absolute atomic E-state index is 0.0636. The van der Waals surface area contributed by atoms with Crippen LogP contribution in [0.1, 0.15) is 43.0 Å². The van der Waals surface area contributed by atoms with Crippen LogP contribution >= 0.6 is 0 Å². The summed E-state index contributed by atoms with van der Waals surface area (Å²) in [6, 6.07) is 9.14. The number of carbonyl (C=O) groups excluding carboxylic acids is 2. The smallest absolute Gasteiger partial charge is 0.254 e. The van der Waals surface area contributed by atoms with Crippen LogP contribution in [0.3, 0.4) is 0 Å². The second kappa shape index (κ2) is 7.40. The number of nitrogens with zero attached hydrogens (tertiary/aromatic N) is 1. The van der Waals surface area contributed by atoms with Crippen LogP contribution in [0.2, 0.25) is 0 Å². The highest BCUT2D eigenvalue weighted by Gasteiger charge is 2.45. The molecule has 1 aromatic rings. The Bertz CT molecular complexity index is 518. The summed E-state index contributed by atoms with van der Waals surface area (Å²) >= 11 is 0. The lowest BCUT2D eigenvalue weighted by Gasteiger charge is -2.34. The molecular formula is C17H25N3O2. The van der Waals surface area contributed by atoms with Gasteiger partial charge < -0.3 is 16.0 Å². The van der Waals surface area contributed by atoms with Crippen LogP contribution in [0.5, 0.6) is 0 Å². The van der Waals surface area contributed by atoms with Crippen molar-refractivity contribution >= 4 is 11.8 Å². The van der Waals surface area contributed by atoms with E-state index in [1.54, 1.807) is 17.0 Å². The Labute approximate surface area is 131 Å². The van der Waals surface area contributed by atoms with Gasteiger partial charge in [-0.3, -0.25) is 9.59 Å². The zero-order chi connectivity index (χ0) is 16.0. The van der Waals surface area contributed by atoms with Crippen molar-refractivity contribution in [3.63, 3.8) is 0 Å². The molecule has 0 saturated carbocycles. The molecule has 2 rings (SSSR count). The normalized spacial score (nSPS) is 20.9. The first-order valence-electron chi connectivity index (χ1n) is 7.95. The van der Waals surface area contributed by atoms with E-state index >= 15 is 0 Å². The maximum atomic E-state index is 12.7. The van der Waals surface area contributed by atoms with Gasteiger partial charge in [-0.05, 0) is 51.3 Å². The molecule has 1 aliphatic rings. The van der Waals surface area contributed by atoms with E-state index in [4.69, 9.17) is 5.73 Å². The Morgan fingerprint density at radius 1 is 1.27 bits per heavy atom. The predicted octanol–water partition coefficient (Wildman–Crippen LogP) is 1.54. The fraction of sp³-hybridized carbons (Fsp3) is 0.529. The van der Waals surface area contributed by atoms with E-state index in [-0.39, 0.29) is 11.8 Å². The minimum Gasteiger partial charge on any atom is -0.354 e. The first kappa shape index (κ1) is 16.5. The highest BCUT2D eigenvalue weighted by molar-refractivity contribution is 5.99. The van der Waals surface area contributed by atoms with E-state index in [0.29, 0.717) is 31.6 Å². The first-order chi connectivity index (χ1) is 10.6. The standard InChI is InChI=1S/C17H25N3O2/c1-17(16(22)19-12-6-5-11-18)10-7-13-20(17)15(21)14-8-3-2-4-9-14/h2-4,8-9H,5-7,10-13,18H2,1H3,(H,19,22). The maximum Gasteiger partial charge on any atom is 0.254 e. The summed E-state index contributed by atoms with van der Waals surface area (Å²) < 4.78 is 0. The van der Waals surface area contributed by atoms with E-state index in [9.17, 15) is 9.59 Å². The van der Waals surface area contributed by atoms with Crippen LogP contribution < -0.4 is 11.1 Å². The molecule has 5 heteroatoms. The number of rotatable bonds is 6. The fourth-order valence-electron chi connectivity index (χ4n) is 2.92. The topological polar surface area (TPSA) is 75.4 Å². The average Bonchev–Trinajstić information content (AvgIpc) is 2.94. The molecule has 3 N–H and O–H groups in total. The third-order valence-corrected chi connectivity index (χ3v) is 4.31. The van der Waals surface area contributed by atoms with Gasteiger partial charge in [0.2, 0.25) is 5.91 Å². The second-order valence-corrected chi connectivity index (χ2v) is 5.95. The van der Waals surface area contributed by atoms with Crippen molar-refractivity contribution in [2.45, 2.75) is 38.1 Å². The molecule has 1 aromatic carbocycles. The number of unbranched alkanes of at least 4 members (excludes halogenated alkanes) is 1. The summed E-state index contributed by atoms with van der Waals surface area (Å²) in [4.78, 5) is 26.9. The summed E-state index contributed by atoms with van der Waals surface area (Å²) in [6.45, 7) is 3.73. The van der Waals surface area contributed by atoms with Gasteiger partial charge in [0.1, 0.15) is 5.54 Å². The Balaban J connectivity index is 2.05. The predicted molar refractivity (Wildman–Crippen MR) is 86.4 cm³/mol. The van der Waals surface area contributed by atoms with Crippen molar-refractivity contribution in [3.8, 4) is 0 Å². The van der Waals surface area contributed by atoms with Gasteiger partial charge in [-0.1, -0.05) is 18.2 Å². The molecule has 1 heterocycles. The van der Waals surface area contributed by atoms with Crippen molar-refractivity contribution < 1.29 is 9.59 Å². The van der Waals surface area contributed by atoms with Crippen molar-refractivity contribution in [2.75, 3.05) is 19.6 Å². The zero-order valence-corrected chi connectivity index (χ0v) is 13.2. The highest BCUT2D eigenvalue weighted by atomic mass is 16.2. The summed E-state index contributed by atoms with van der Waals surface area (Å²) in [5.41, 5.74) is 5.33. The number of amides is 2. The minimum atomic E-state index is -0.754. The summed E-state index contributed by atoms with van der Waals surface area (Å²) in [7, 11) is 0. The van der Waals surface area contributed by atoms with Crippen molar-refractivity contribution in [1.82, 2.24) is 10.2 Å². The molecule has 0 radical (unpaired) electrons. The molecule has 1 unspecified atom stereocenters. The summed E-state index contributed by atoms with van der Waals surface area (Å²) in [6.07, 6.45) is 3.31. The van der Waals surface area contributed by atoms with E-state index < -0.39 is 5.54 Å². The van der Waals surface area contributed by atoms with Crippen LogP contribution in [-0.4, -0.2) is 41.9 Å². The molecule has 1 aliphatic heterocycles. The van der Waals surface area contributed by atoms with Gasteiger partial charge in [0.15, 0.2) is 0 Å². The molecule has 1 saturated heterocycles. The van der Waals surface area contributed by atoms with Crippen molar-refractivity contribution in [3.05, 3.63) is 35.9 Å². The first-order valence-corrected chi connectivity index (χ1v) is 7.95. The number of hydrogen-bond acceptors (Lipinski definition) is 3. The second-order valence-electron chi connectivity index (χ2n) is 5.95. The lowest BCUT2D eigenvalue weighted by Crippen LogP contribution is -2.55. The van der Waals surface area contributed by atoms with Gasteiger partial charge in [-0.25, -0.2) is 0 Å². The lowest BCUT2D eigenvalue weighted by molar-refractivity contribution is -0.129. The van der Waals surface area contributed by atoms with E-state index in [1.807, 2.05) is 25.1 Å². The fourth-order valence-corrected chi connectivity index (χ4v) is 2.92. The molecule has 120 valence electrons. The number of likely N-dealkylation sites (tertiary alicyclic amines) is 1. The van der Waals surface area contributed by atoms with Gasteiger partial charge in [-0.2, -0.15) is 0 Å². The molecule has 0 aromatic heterocycles. The molecule has 2 amide bonds. The van der Waals surface area contributed by atoms with Gasteiger partial charge in [0.05, 0.1) is 0 Å². The molecule has 0 aliphatic carbocycles. The van der Waals surface area contributed by atoms with Gasteiger partial charge in [0, 0.05) is 18.7 Å². The number of benzene rings is 1. The van der Waals surface area contributed by atoms with Crippen LogP contribution in [-0.2, 0) is 4.79 Å². The van der Waals surface area contributed by atoms with Crippen LogP contribution in [0.4, 0.5) is 0 Å². The Kier molecular flexibility index (Phi) is 5.55. The molecule has 5 nitrogen and oxygen atoms in total. The Hall–Kier alpha value is -1.88. The molecule has 22 heavy (non-hydrogen) atoms. The molecular weight excluding hydrogens is 278 g/mol. The monoisotopic (exact) mass is 303 g/mol. The third kappa shape index (κ3) is 3.47. The van der Waals surface area contributed by atoms with Crippen LogP contribution in [0, 0.1) is 0 Å². The van der Waals surface area contributed by atoms with Crippen LogP contribution in [0.25, 0.3) is 0 Å². The van der Waals surface area contributed by atoms with Crippen molar-refractivity contribution in [2.24, 2.45) is 5.73 Å². The lowest BCUT2D eigenvalue weighted by atomic mass is 9.96. The van der Waals surface area contributed by atoms with E-state index in [1.165, 1.54) is 0 Å². The summed E-state index contributed by atoms with van der Waals surface area (Å²) in [5, 5.41) is 2.95. The molecule has 0 spiro atoms. The number of hydrogen-bond donors (Lipinski definition) is 2. The van der Waals surface area contributed by atoms with Crippen molar-refractivity contribution in [1.29, 1.82) is 0 Å². The van der Waals surface area contributed by atoms with Gasteiger partial charge >= 0.3 is 0 Å². The Morgan fingerprint density at radius 2 is 2.00 bits per heavy atom. The highest BCUT2D eigenvalue weighted by Crippen LogP contribution is 2.30.